The lowest BCUT2D eigenvalue weighted by molar-refractivity contribution is 0.184. The zero-order chi connectivity index (χ0) is 19.1. The quantitative estimate of drug-likeness (QED) is 0.870. The fourth-order valence-electron chi connectivity index (χ4n) is 3.64. The highest BCUT2D eigenvalue weighted by molar-refractivity contribution is 5.89. The smallest absolute Gasteiger partial charge is 0.322 e. The summed E-state index contributed by atoms with van der Waals surface area (Å²) in [5, 5.41) is 3.05. The molecule has 3 rings (SSSR count). The molecule has 0 unspecified atom stereocenters. The second-order valence-corrected chi connectivity index (χ2v) is 7.18. The Morgan fingerprint density at radius 3 is 2.67 bits per heavy atom. The molecule has 1 heterocycles. The lowest BCUT2D eigenvalue weighted by Gasteiger charge is -2.29. The molecule has 0 spiro atoms. The van der Waals surface area contributed by atoms with Gasteiger partial charge < -0.3 is 15.0 Å². The molecule has 1 atom stereocenters. The number of hydrogen-bond acceptors (Lipinski definition) is 3. The van der Waals surface area contributed by atoms with Gasteiger partial charge in [0.05, 0.1) is 6.61 Å². The molecule has 5 nitrogen and oxygen atoms in total. The number of benzene rings is 2. The molecule has 0 radical (unpaired) electrons. The predicted octanol–water partition coefficient (Wildman–Crippen LogP) is 3.96. The van der Waals surface area contributed by atoms with Crippen molar-refractivity contribution in [1.29, 1.82) is 0 Å². The van der Waals surface area contributed by atoms with Crippen LogP contribution in [-0.4, -0.2) is 48.6 Å². The van der Waals surface area contributed by atoms with Crippen LogP contribution >= 0.6 is 0 Å². The summed E-state index contributed by atoms with van der Waals surface area (Å²) < 4.78 is 5.17. The normalized spacial score (nSPS) is 18.1. The second-order valence-electron chi connectivity index (χ2n) is 7.18. The van der Waals surface area contributed by atoms with Gasteiger partial charge in [0, 0.05) is 45.0 Å². The molecular weight excluding hydrogens is 338 g/mol. The number of nitrogens with one attached hydrogen (secondary N) is 1. The standard InChI is InChI=1S/C22H29N3O2/c1-18-15-24(16-19-8-4-3-5-9-19)12-7-13-25(18)22(26)23-21-11-6-10-20(14-21)17-27-2/h3-6,8-11,14,18H,7,12-13,15-17H2,1-2H3,(H,23,26)/t18-/m0/s1. The van der Waals surface area contributed by atoms with Crippen LogP contribution in [-0.2, 0) is 17.9 Å². The van der Waals surface area contributed by atoms with Gasteiger partial charge in [-0.15, -0.1) is 0 Å². The summed E-state index contributed by atoms with van der Waals surface area (Å²) in [5.74, 6) is 0. The van der Waals surface area contributed by atoms with Gasteiger partial charge in [0.2, 0.25) is 0 Å². The van der Waals surface area contributed by atoms with E-state index in [1.807, 2.05) is 35.2 Å². The molecule has 1 saturated heterocycles. The lowest BCUT2D eigenvalue weighted by atomic mass is 10.2. The number of anilines is 1. The van der Waals surface area contributed by atoms with Crippen LogP contribution in [0, 0.1) is 0 Å². The van der Waals surface area contributed by atoms with Crippen LogP contribution in [0.25, 0.3) is 0 Å². The third-order valence-corrected chi connectivity index (χ3v) is 4.93. The molecule has 0 aliphatic carbocycles. The summed E-state index contributed by atoms with van der Waals surface area (Å²) in [6, 6.07) is 18.5. The Kier molecular flexibility index (Phi) is 6.85. The largest absolute Gasteiger partial charge is 0.380 e. The van der Waals surface area contributed by atoms with Crippen LogP contribution < -0.4 is 5.32 Å². The summed E-state index contributed by atoms with van der Waals surface area (Å²) in [7, 11) is 1.67. The summed E-state index contributed by atoms with van der Waals surface area (Å²) in [6.45, 7) is 6.26. The molecular formula is C22H29N3O2. The molecule has 2 aromatic carbocycles. The second kappa shape index (κ2) is 9.53. The van der Waals surface area contributed by atoms with E-state index < -0.39 is 0 Å². The van der Waals surface area contributed by atoms with E-state index in [0.29, 0.717) is 6.61 Å². The van der Waals surface area contributed by atoms with Crippen LogP contribution in [0.15, 0.2) is 54.6 Å². The highest BCUT2D eigenvalue weighted by atomic mass is 16.5. The minimum atomic E-state index is -0.0290. The molecule has 1 fully saturated rings. The summed E-state index contributed by atoms with van der Waals surface area (Å²) in [4.78, 5) is 17.2. The minimum absolute atomic E-state index is 0.0290. The maximum atomic E-state index is 12.8. The molecule has 2 amide bonds. The van der Waals surface area contributed by atoms with Crippen molar-refractivity contribution < 1.29 is 9.53 Å². The molecule has 1 aliphatic heterocycles. The molecule has 1 aliphatic rings. The summed E-state index contributed by atoms with van der Waals surface area (Å²) in [5.41, 5.74) is 3.18. The maximum Gasteiger partial charge on any atom is 0.322 e. The third kappa shape index (κ3) is 5.55. The van der Waals surface area contributed by atoms with Crippen molar-refractivity contribution in [3.05, 3.63) is 65.7 Å². The average Bonchev–Trinajstić information content (AvgIpc) is 2.84. The van der Waals surface area contributed by atoms with E-state index in [9.17, 15) is 4.79 Å². The molecule has 0 bridgehead atoms. The van der Waals surface area contributed by atoms with Crippen molar-refractivity contribution >= 4 is 11.7 Å². The van der Waals surface area contributed by atoms with E-state index >= 15 is 0 Å². The predicted molar refractivity (Wildman–Crippen MR) is 109 cm³/mol. The highest BCUT2D eigenvalue weighted by Gasteiger charge is 2.25. The number of rotatable bonds is 5. The first-order valence-corrected chi connectivity index (χ1v) is 9.57. The molecule has 5 heteroatoms. The van der Waals surface area contributed by atoms with Crippen molar-refractivity contribution in [3.8, 4) is 0 Å². The molecule has 0 aromatic heterocycles. The van der Waals surface area contributed by atoms with Crippen LogP contribution in [0.3, 0.4) is 0 Å². The first-order valence-electron chi connectivity index (χ1n) is 9.57. The number of nitrogens with zero attached hydrogens (tertiary/aromatic N) is 2. The molecule has 144 valence electrons. The van der Waals surface area contributed by atoms with Crippen molar-refractivity contribution in [3.63, 3.8) is 0 Å². The number of hydrogen-bond donors (Lipinski definition) is 1. The van der Waals surface area contributed by atoms with E-state index in [4.69, 9.17) is 4.74 Å². The van der Waals surface area contributed by atoms with Gasteiger partial charge in [0.25, 0.3) is 0 Å². The SMILES string of the molecule is COCc1cccc(NC(=O)N2CCCN(Cc3ccccc3)C[C@@H]2C)c1. The molecule has 2 aromatic rings. The van der Waals surface area contributed by atoms with Gasteiger partial charge >= 0.3 is 6.03 Å². The Hall–Kier alpha value is -2.37. The number of carbonyl (C=O) groups excluding carboxylic acids is 1. The first kappa shape index (κ1) is 19.4. The van der Waals surface area contributed by atoms with Crippen molar-refractivity contribution in [2.45, 2.75) is 32.5 Å². The Morgan fingerprint density at radius 1 is 1.11 bits per heavy atom. The number of carbonyl (C=O) groups is 1. The maximum absolute atomic E-state index is 12.8. The zero-order valence-electron chi connectivity index (χ0n) is 16.2. The van der Waals surface area contributed by atoms with Gasteiger partial charge in [-0.05, 0) is 36.6 Å². The van der Waals surface area contributed by atoms with Gasteiger partial charge in [-0.25, -0.2) is 4.79 Å². The molecule has 1 N–H and O–H groups in total. The van der Waals surface area contributed by atoms with Crippen LogP contribution in [0.2, 0.25) is 0 Å². The minimum Gasteiger partial charge on any atom is -0.380 e. The van der Waals surface area contributed by atoms with E-state index in [-0.39, 0.29) is 12.1 Å². The Morgan fingerprint density at radius 2 is 1.89 bits per heavy atom. The molecule has 27 heavy (non-hydrogen) atoms. The fraction of sp³-hybridized carbons (Fsp3) is 0.409. The fourth-order valence-corrected chi connectivity index (χ4v) is 3.64. The average molecular weight is 367 g/mol. The highest BCUT2D eigenvalue weighted by Crippen LogP contribution is 2.16. The van der Waals surface area contributed by atoms with Gasteiger partial charge in [-0.1, -0.05) is 42.5 Å². The number of methoxy groups -OCH3 is 1. The van der Waals surface area contributed by atoms with Gasteiger partial charge in [0.15, 0.2) is 0 Å². The monoisotopic (exact) mass is 367 g/mol. The van der Waals surface area contributed by atoms with E-state index in [2.05, 4.69) is 41.4 Å². The van der Waals surface area contributed by atoms with E-state index in [1.165, 1.54) is 5.56 Å². The summed E-state index contributed by atoms with van der Waals surface area (Å²) >= 11 is 0. The first-order chi connectivity index (χ1) is 13.2. The lowest BCUT2D eigenvalue weighted by Crippen LogP contribution is -2.44. The van der Waals surface area contributed by atoms with Crippen LogP contribution in [0.5, 0.6) is 0 Å². The third-order valence-electron chi connectivity index (χ3n) is 4.93. The topological polar surface area (TPSA) is 44.8 Å². The Balaban J connectivity index is 1.59. The van der Waals surface area contributed by atoms with Crippen molar-refractivity contribution in [1.82, 2.24) is 9.80 Å². The van der Waals surface area contributed by atoms with Crippen LogP contribution in [0.4, 0.5) is 10.5 Å². The zero-order valence-corrected chi connectivity index (χ0v) is 16.2. The van der Waals surface area contributed by atoms with E-state index in [0.717, 1.165) is 43.9 Å². The number of urea groups is 1. The Labute approximate surface area is 161 Å². The number of amides is 2. The van der Waals surface area contributed by atoms with Gasteiger partial charge in [-0.2, -0.15) is 0 Å². The summed E-state index contributed by atoms with van der Waals surface area (Å²) in [6.07, 6.45) is 0.980. The molecule has 0 saturated carbocycles. The van der Waals surface area contributed by atoms with Crippen molar-refractivity contribution in [2.75, 3.05) is 32.1 Å². The Bertz CT molecular complexity index is 735. The van der Waals surface area contributed by atoms with Gasteiger partial charge in [-0.3, -0.25) is 4.90 Å². The van der Waals surface area contributed by atoms with E-state index in [1.54, 1.807) is 7.11 Å². The van der Waals surface area contributed by atoms with Crippen LogP contribution in [0.1, 0.15) is 24.5 Å². The van der Waals surface area contributed by atoms with Gasteiger partial charge in [0.1, 0.15) is 0 Å². The number of ether oxygens (including phenoxy) is 1. The van der Waals surface area contributed by atoms with Crippen molar-refractivity contribution in [2.24, 2.45) is 0 Å².